The van der Waals surface area contributed by atoms with E-state index in [4.69, 9.17) is 18.6 Å². The zero-order valence-electron chi connectivity index (χ0n) is 18.2. The van der Waals surface area contributed by atoms with E-state index in [9.17, 15) is 4.79 Å². The van der Waals surface area contributed by atoms with E-state index in [0.29, 0.717) is 35.1 Å². The molecule has 0 saturated heterocycles. The number of amides is 1. The van der Waals surface area contributed by atoms with Gasteiger partial charge in [-0.3, -0.25) is 4.79 Å². The lowest BCUT2D eigenvalue weighted by molar-refractivity contribution is 0.0911. The van der Waals surface area contributed by atoms with Gasteiger partial charge in [0.15, 0.2) is 17.3 Å². The Hall–Kier alpha value is -3.19. The van der Waals surface area contributed by atoms with Crippen molar-refractivity contribution in [3.63, 3.8) is 0 Å². The third kappa shape index (κ3) is 4.21. The first kappa shape index (κ1) is 21.5. The van der Waals surface area contributed by atoms with Crippen molar-refractivity contribution >= 4 is 16.9 Å². The van der Waals surface area contributed by atoms with Crippen LogP contribution in [0.5, 0.6) is 17.2 Å². The number of carbonyl (C=O) groups is 1. The Balaban J connectivity index is 1.93. The lowest BCUT2D eigenvalue weighted by atomic mass is 10.1. The van der Waals surface area contributed by atoms with Crippen molar-refractivity contribution in [2.75, 3.05) is 35.4 Å². The van der Waals surface area contributed by atoms with Crippen LogP contribution in [0.1, 0.15) is 34.6 Å². The second-order valence-electron chi connectivity index (χ2n) is 7.30. The number of hydrogen-bond acceptors (Lipinski definition) is 6. The smallest absolute Gasteiger partial charge is 0.287 e. The summed E-state index contributed by atoms with van der Waals surface area (Å²) >= 11 is 0. The fourth-order valence-corrected chi connectivity index (χ4v) is 3.45. The van der Waals surface area contributed by atoms with Crippen LogP contribution in [0.2, 0.25) is 0 Å². The third-order valence-corrected chi connectivity index (χ3v) is 4.91. The third-order valence-electron chi connectivity index (χ3n) is 4.91. The molecule has 1 amide bonds. The highest BCUT2D eigenvalue weighted by Crippen LogP contribution is 2.39. The number of fused-ring (bicyclic) bond motifs is 1. The quantitative estimate of drug-likeness (QED) is 0.603. The summed E-state index contributed by atoms with van der Waals surface area (Å²) in [7, 11) is 8.60. The molecular formula is C23H28N2O5. The first-order valence-corrected chi connectivity index (χ1v) is 9.65. The number of rotatable bonds is 8. The Kier molecular flexibility index (Phi) is 6.52. The topological polar surface area (TPSA) is 73.2 Å². The molecule has 1 heterocycles. The molecule has 0 aliphatic rings. The van der Waals surface area contributed by atoms with Gasteiger partial charge in [0.05, 0.1) is 27.4 Å². The second-order valence-corrected chi connectivity index (χ2v) is 7.30. The summed E-state index contributed by atoms with van der Waals surface area (Å²) in [5.74, 6) is 1.62. The van der Waals surface area contributed by atoms with Gasteiger partial charge >= 0.3 is 0 Å². The summed E-state index contributed by atoms with van der Waals surface area (Å²) in [6.45, 7) is 2.49. The molecule has 160 valence electrons. The molecule has 0 saturated carbocycles. The van der Waals surface area contributed by atoms with Crippen molar-refractivity contribution in [3.8, 4) is 17.2 Å². The number of nitrogens with one attached hydrogen (secondary N) is 1. The minimum Gasteiger partial charge on any atom is -0.493 e. The highest BCUT2D eigenvalue weighted by atomic mass is 16.5. The van der Waals surface area contributed by atoms with Crippen LogP contribution >= 0.6 is 0 Å². The van der Waals surface area contributed by atoms with Crippen molar-refractivity contribution in [2.45, 2.75) is 19.5 Å². The molecule has 7 heteroatoms. The van der Waals surface area contributed by atoms with E-state index >= 15 is 0 Å². The monoisotopic (exact) mass is 412 g/mol. The number of ether oxygens (including phenoxy) is 3. The van der Waals surface area contributed by atoms with Crippen LogP contribution in [0.25, 0.3) is 11.0 Å². The van der Waals surface area contributed by atoms with Gasteiger partial charge in [0.25, 0.3) is 5.91 Å². The van der Waals surface area contributed by atoms with E-state index in [2.05, 4.69) is 5.32 Å². The van der Waals surface area contributed by atoms with Gasteiger partial charge < -0.3 is 28.8 Å². The minimum absolute atomic E-state index is 0.274. The first-order valence-electron chi connectivity index (χ1n) is 9.65. The largest absolute Gasteiger partial charge is 0.493 e. The van der Waals surface area contributed by atoms with Crippen LogP contribution in [0.3, 0.4) is 0 Å². The molecule has 0 fully saturated rings. The summed E-state index contributed by atoms with van der Waals surface area (Å²) in [5, 5.41) is 3.97. The summed E-state index contributed by atoms with van der Waals surface area (Å²) in [5.41, 5.74) is 2.38. The molecule has 0 aliphatic heterocycles. The molecule has 1 unspecified atom stereocenters. The Morgan fingerprint density at radius 1 is 1.07 bits per heavy atom. The molecular weight excluding hydrogens is 384 g/mol. The number of furan rings is 1. The molecule has 0 spiro atoms. The van der Waals surface area contributed by atoms with Crippen molar-refractivity contribution in [1.82, 2.24) is 10.2 Å². The van der Waals surface area contributed by atoms with E-state index in [0.717, 1.165) is 16.5 Å². The van der Waals surface area contributed by atoms with Crippen LogP contribution < -0.4 is 19.5 Å². The van der Waals surface area contributed by atoms with Crippen molar-refractivity contribution in [2.24, 2.45) is 0 Å². The average molecular weight is 412 g/mol. The van der Waals surface area contributed by atoms with Gasteiger partial charge in [-0.1, -0.05) is 18.2 Å². The van der Waals surface area contributed by atoms with Crippen molar-refractivity contribution in [1.29, 1.82) is 0 Å². The second kappa shape index (κ2) is 9.09. The molecule has 7 nitrogen and oxygen atoms in total. The van der Waals surface area contributed by atoms with Gasteiger partial charge in [-0.15, -0.1) is 0 Å². The molecule has 30 heavy (non-hydrogen) atoms. The molecule has 1 atom stereocenters. The van der Waals surface area contributed by atoms with Gasteiger partial charge in [0.1, 0.15) is 5.58 Å². The minimum atomic E-state index is -0.313. The van der Waals surface area contributed by atoms with Crippen molar-refractivity contribution in [3.05, 3.63) is 53.3 Å². The zero-order chi connectivity index (χ0) is 21.8. The normalized spacial score (nSPS) is 12.1. The first-order chi connectivity index (χ1) is 14.4. The fraction of sp³-hybridized carbons (Fsp3) is 0.348. The lowest BCUT2D eigenvalue weighted by Gasteiger charge is -2.19. The molecule has 0 radical (unpaired) electrons. The molecule has 3 aromatic rings. The summed E-state index contributed by atoms with van der Waals surface area (Å²) in [6.07, 6.45) is 0. The van der Waals surface area contributed by atoms with Crippen LogP contribution in [-0.4, -0.2) is 46.2 Å². The number of nitrogens with zero attached hydrogens (tertiary/aromatic N) is 1. The van der Waals surface area contributed by atoms with Gasteiger partial charge in [0, 0.05) is 17.5 Å². The predicted molar refractivity (Wildman–Crippen MR) is 116 cm³/mol. The maximum atomic E-state index is 13.1. The van der Waals surface area contributed by atoms with Gasteiger partial charge in [0.2, 0.25) is 5.75 Å². The Bertz CT molecular complexity index is 1020. The van der Waals surface area contributed by atoms with Crippen LogP contribution in [0.15, 0.2) is 40.8 Å². The highest BCUT2D eigenvalue weighted by Gasteiger charge is 2.23. The summed E-state index contributed by atoms with van der Waals surface area (Å²) < 4.78 is 22.1. The molecule has 3 rings (SSSR count). The number of hydrogen-bond donors (Lipinski definition) is 1. The molecule has 0 bridgehead atoms. The van der Waals surface area contributed by atoms with Crippen LogP contribution in [0.4, 0.5) is 0 Å². The molecule has 1 N–H and O–H groups in total. The van der Waals surface area contributed by atoms with E-state index in [1.165, 1.54) is 0 Å². The maximum Gasteiger partial charge on any atom is 0.287 e. The number of benzene rings is 2. The maximum absolute atomic E-state index is 13.1. The summed E-state index contributed by atoms with van der Waals surface area (Å²) in [6, 6.07) is 11.0. The number of para-hydroxylation sites is 1. The SMILES string of the molecule is COc1cc(C(C)NC(=O)c2oc3ccccc3c2CN(C)C)cc(OC)c1OC. The zero-order valence-corrected chi connectivity index (χ0v) is 18.2. The summed E-state index contributed by atoms with van der Waals surface area (Å²) in [4.78, 5) is 15.1. The highest BCUT2D eigenvalue weighted by molar-refractivity contribution is 5.99. The predicted octanol–water partition coefficient (Wildman–Crippen LogP) is 4.01. The van der Waals surface area contributed by atoms with Gasteiger partial charge in [-0.05, 0) is 44.8 Å². The van der Waals surface area contributed by atoms with Gasteiger partial charge in [-0.25, -0.2) is 0 Å². The Morgan fingerprint density at radius 2 is 1.70 bits per heavy atom. The van der Waals surface area contributed by atoms with Gasteiger partial charge in [-0.2, -0.15) is 0 Å². The van der Waals surface area contributed by atoms with Crippen LogP contribution in [-0.2, 0) is 6.54 Å². The Labute approximate surface area is 176 Å². The standard InChI is InChI=1S/C23H28N2O5/c1-14(15-11-19(27-4)22(29-6)20(12-15)28-5)24-23(26)21-17(13-25(2)3)16-9-7-8-10-18(16)30-21/h7-12,14H,13H2,1-6H3,(H,24,26). The lowest BCUT2D eigenvalue weighted by Crippen LogP contribution is -2.27. The van der Waals surface area contributed by atoms with E-state index < -0.39 is 0 Å². The van der Waals surface area contributed by atoms with Crippen molar-refractivity contribution < 1.29 is 23.4 Å². The number of methoxy groups -OCH3 is 3. The van der Waals surface area contributed by atoms with E-state index in [1.54, 1.807) is 21.3 Å². The molecule has 0 aliphatic carbocycles. The Morgan fingerprint density at radius 3 is 2.27 bits per heavy atom. The average Bonchev–Trinajstić information content (AvgIpc) is 3.10. The van der Waals surface area contributed by atoms with Crippen LogP contribution in [0, 0.1) is 0 Å². The molecule has 2 aromatic carbocycles. The fourth-order valence-electron chi connectivity index (χ4n) is 3.45. The number of carbonyl (C=O) groups excluding carboxylic acids is 1. The van der Waals surface area contributed by atoms with E-state index in [1.807, 2.05) is 62.3 Å². The molecule has 1 aromatic heterocycles. The van der Waals surface area contributed by atoms with E-state index in [-0.39, 0.29) is 11.9 Å².